The Morgan fingerprint density at radius 3 is 2.50 bits per heavy atom. The van der Waals surface area contributed by atoms with E-state index in [1.807, 2.05) is 6.92 Å². The fourth-order valence-electron chi connectivity index (χ4n) is 0.863. The largest absolute Gasteiger partial charge is 0.494 e. The van der Waals surface area contributed by atoms with E-state index in [4.69, 9.17) is 24.2 Å². The fraction of sp³-hybridized carbons (Fsp3) is 0.333. The van der Waals surface area contributed by atoms with Crippen molar-refractivity contribution in [3.8, 4) is 5.75 Å². The van der Waals surface area contributed by atoms with Crippen molar-refractivity contribution in [2.45, 2.75) is 13.3 Å². The first-order chi connectivity index (χ1) is 5.74. The summed E-state index contributed by atoms with van der Waals surface area (Å²) in [7, 11) is 5.65. The van der Waals surface area contributed by atoms with Crippen molar-refractivity contribution in [1.82, 2.24) is 0 Å². The van der Waals surface area contributed by atoms with Crippen LogP contribution in [-0.2, 0) is 0 Å². The van der Waals surface area contributed by atoms with Gasteiger partial charge in [0.05, 0.1) is 6.61 Å². The van der Waals surface area contributed by atoms with Crippen LogP contribution in [0, 0.1) is 0 Å². The number of benzene rings is 1. The van der Waals surface area contributed by atoms with Gasteiger partial charge >= 0.3 is 0 Å². The Labute approximate surface area is 90.1 Å². The molecule has 2 radical (unpaired) electrons. The Morgan fingerprint density at radius 2 is 2.00 bits per heavy atom. The second-order valence-electron chi connectivity index (χ2n) is 2.53. The van der Waals surface area contributed by atoms with Gasteiger partial charge in [-0.3, -0.25) is 0 Å². The minimum absolute atomic E-state index is 0. The fourth-order valence-corrected chi connectivity index (χ4v) is 1.04. The lowest BCUT2D eigenvalue weighted by molar-refractivity contribution is 0.320. The summed E-state index contributed by atoms with van der Waals surface area (Å²) in [4.78, 5) is 0. The molecular weight excluding hydrogens is 202 g/mol. The van der Waals surface area contributed by atoms with Crippen LogP contribution in [0.4, 0.5) is 0 Å². The van der Waals surface area contributed by atoms with Gasteiger partial charge in [-0.05, 0) is 24.6 Å². The van der Waals surface area contributed by atoms with Crippen molar-refractivity contribution >= 4 is 24.9 Å². The van der Waals surface area contributed by atoms with Crippen molar-refractivity contribution < 1.29 is 15.7 Å². The molecule has 5 heteroatoms. The Kier molecular flexibility index (Phi) is 8.64. The Hall–Kier alpha value is -0.705. The first kappa shape index (κ1) is 15.8. The summed E-state index contributed by atoms with van der Waals surface area (Å²) in [6.07, 6.45) is 0.974. The van der Waals surface area contributed by atoms with Crippen LogP contribution in [0.25, 0.3) is 0 Å². The lowest BCUT2D eigenvalue weighted by Crippen LogP contribution is -2.09. The molecule has 0 aromatic heterocycles. The van der Waals surface area contributed by atoms with Crippen LogP contribution in [-0.4, -0.2) is 25.4 Å². The summed E-state index contributed by atoms with van der Waals surface area (Å²) in [5, 5.41) is 0.636. The number of halogens is 1. The molecule has 0 spiro atoms. The molecule has 0 unspecified atom stereocenters. The predicted molar refractivity (Wildman–Crippen MR) is 59.9 cm³/mol. The lowest BCUT2D eigenvalue weighted by atomic mass is 9.95. The van der Waals surface area contributed by atoms with Crippen molar-refractivity contribution in [3.05, 3.63) is 23.2 Å². The quantitative estimate of drug-likeness (QED) is 0.669. The van der Waals surface area contributed by atoms with Crippen LogP contribution < -0.4 is 10.2 Å². The molecule has 1 rings (SSSR count). The lowest BCUT2D eigenvalue weighted by Gasteiger charge is -2.07. The topological polar surface area (TPSA) is 72.2 Å². The van der Waals surface area contributed by atoms with E-state index >= 15 is 0 Å². The zero-order valence-corrected chi connectivity index (χ0v) is 8.77. The van der Waals surface area contributed by atoms with Crippen molar-refractivity contribution in [2.24, 2.45) is 0 Å². The molecule has 78 valence electrons. The monoisotopic (exact) mass is 216 g/mol. The van der Waals surface area contributed by atoms with Gasteiger partial charge < -0.3 is 15.7 Å². The maximum absolute atomic E-state index is 5.72. The van der Waals surface area contributed by atoms with E-state index in [0.29, 0.717) is 22.8 Å². The highest BCUT2D eigenvalue weighted by atomic mass is 35.5. The third-order valence-corrected chi connectivity index (χ3v) is 1.67. The van der Waals surface area contributed by atoms with Crippen LogP contribution in [0.5, 0.6) is 5.75 Å². The molecule has 3 nitrogen and oxygen atoms in total. The molecule has 0 atom stereocenters. The number of hydrogen-bond donors (Lipinski definition) is 0. The Balaban J connectivity index is 0. The van der Waals surface area contributed by atoms with Crippen LogP contribution in [0.2, 0.25) is 5.02 Å². The SMILES string of the molecule is O.O.[B]c1cc(Cl)ccc1OCCC. The van der Waals surface area contributed by atoms with Crippen molar-refractivity contribution in [3.63, 3.8) is 0 Å². The molecule has 0 amide bonds. The second-order valence-corrected chi connectivity index (χ2v) is 2.97. The summed E-state index contributed by atoms with van der Waals surface area (Å²) in [6, 6.07) is 5.24. The maximum atomic E-state index is 5.72. The standard InChI is InChI=1S/C9H10BClO.2H2O/c1-2-5-12-9-4-3-7(11)6-8(9)10;;/h3-4,6H,2,5H2,1H3;2*1H2. The number of rotatable bonds is 3. The molecule has 4 N–H and O–H groups in total. The summed E-state index contributed by atoms with van der Waals surface area (Å²) < 4.78 is 5.36. The number of hydrogen-bond acceptors (Lipinski definition) is 1. The summed E-state index contributed by atoms with van der Waals surface area (Å²) >= 11 is 5.72. The van der Waals surface area contributed by atoms with Gasteiger partial charge in [0.1, 0.15) is 13.6 Å². The van der Waals surface area contributed by atoms with Gasteiger partial charge in [0.25, 0.3) is 0 Å². The molecule has 1 aromatic carbocycles. The number of ether oxygens (including phenoxy) is 1. The molecule has 1 aromatic rings. The van der Waals surface area contributed by atoms with Crippen LogP contribution in [0.15, 0.2) is 18.2 Å². The Morgan fingerprint density at radius 1 is 1.36 bits per heavy atom. The highest BCUT2D eigenvalue weighted by molar-refractivity contribution is 6.37. The van der Waals surface area contributed by atoms with E-state index in [9.17, 15) is 0 Å². The molecule has 0 heterocycles. The van der Waals surface area contributed by atoms with Gasteiger partial charge in [-0.1, -0.05) is 24.0 Å². The van der Waals surface area contributed by atoms with Gasteiger partial charge in [-0.2, -0.15) is 0 Å². The van der Waals surface area contributed by atoms with Crippen LogP contribution in [0.1, 0.15) is 13.3 Å². The van der Waals surface area contributed by atoms with Crippen LogP contribution in [0.3, 0.4) is 0 Å². The first-order valence-electron chi connectivity index (χ1n) is 3.92. The minimum atomic E-state index is 0. The van der Waals surface area contributed by atoms with Gasteiger partial charge in [0.15, 0.2) is 0 Å². The van der Waals surface area contributed by atoms with Crippen LogP contribution >= 0.6 is 11.6 Å². The van der Waals surface area contributed by atoms with Gasteiger partial charge in [0, 0.05) is 5.02 Å². The molecule has 0 aliphatic carbocycles. The molecule has 0 fully saturated rings. The van der Waals surface area contributed by atoms with E-state index in [2.05, 4.69) is 0 Å². The summed E-state index contributed by atoms with van der Waals surface area (Å²) in [5.41, 5.74) is 0.593. The minimum Gasteiger partial charge on any atom is -0.494 e. The van der Waals surface area contributed by atoms with Gasteiger partial charge in [-0.25, -0.2) is 0 Å². The highest BCUT2D eigenvalue weighted by Crippen LogP contribution is 2.12. The molecule has 0 saturated carbocycles. The third kappa shape index (κ3) is 4.51. The van der Waals surface area contributed by atoms with E-state index in [1.54, 1.807) is 18.2 Å². The van der Waals surface area contributed by atoms with E-state index in [0.717, 1.165) is 6.42 Å². The molecule has 0 bridgehead atoms. The maximum Gasteiger partial charge on any atom is 0.119 e. The third-order valence-electron chi connectivity index (χ3n) is 1.43. The molecule has 0 aliphatic rings. The smallest absolute Gasteiger partial charge is 0.119 e. The van der Waals surface area contributed by atoms with Crippen molar-refractivity contribution in [1.29, 1.82) is 0 Å². The highest BCUT2D eigenvalue weighted by Gasteiger charge is 1.97. The zero-order valence-electron chi connectivity index (χ0n) is 8.01. The zero-order chi connectivity index (χ0) is 8.97. The summed E-state index contributed by atoms with van der Waals surface area (Å²) in [6.45, 7) is 2.73. The average Bonchev–Trinajstić information content (AvgIpc) is 2.03. The Bertz CT molecular complexity index is 268. The van der Waals surface area contributed by atoms with E-state index < -0.39 is 0 Å². The van der Waals surface area contributed by atoms with E-state index in [1.165, 1.54) is 0 Å². The van der Waals surface area contributed by atoms with Crippen molar-refractivity contribution in [2.75, 3.05) is 6.61 Å². The van der Waals surface area contributed by atoms with Gasteiger partial charge in [-0.15, -0.1) is 0 Å². The van der Waals surface area contributed by atoms with Gasteiger partial charge in [0.2, 0.25) is 0 Å². The summed E-state index contributed by atoms with van der Waals surface area (Å²) in [5.74, 6) is 0.709. The molecular formula is C9H14BClO3. The second kappa shape index (κ2) is 7.68. The molecule has 14 heavy (non-hydrogen) atoms. The molecule has 0 saturated heterocycles. The predicted octanol–water partition coefficient (Wildman–Crippen LogP) is 0.273. The molecule has 0 aliphatic heterocycles. The van der Waals surface area contributed by atoms with E-state index in [-0.39, 0.29) is 11.0 Å². The first-order valence-corrected chi connectivity index (χ1v) is 4.29. The normalized spacial score (nSPS) is 8.43. The average molecular weight is 216 g/mol.